The Hall–Kier alpha value is -0.290. The van der Waals surface area contributed by atoms with Gasteiger partial charge >= 0.3 is 6.18 Å². The van der Waals surface area contributed by atoms with Crippen molar-refractivity contribution in [3.05, 3.63) is 0 Å². The zero-order valence-electron chi connectivity index (χ0n) is 13.4. The quantitative estimate of drug-likeness (QED) is 0.830. The van der Waals surface area contributed by atoms with Crippen LogP contribution in [0.15, 0.2) is 0 Å². The minimum absolute atomic E-state index is 0.0852. The lowest BCUT2D eigenvalue weighted by Gasteiger charge is -2.58. The van der Waals surface area contributed by atoms with E-state index in [1.807, 2.05) is 6.92 Å². The van der Waals surface area contributed by atoms with Crippen molar-refractivity contribution in [2.45, 2.75) is 70.4 Å². The van der Waals surface area contributed by atoms with Crippen LogP contribution in [-0.2, 0) is 4.74 Å². The van der Waals surface area contributed by atoms with Gasteiger partial charge in [0.2, 0.25) is 0 Å². The molecule has 1 N–H and O–H groups in total. The average Bonchev–Trinajstić information content (AvgIpc) is 2.63. The normalized spacial score (nSPS) is 55.5. The van der Waals surface area contributed by atoms with Gasteiger partial charge in [0.25, 0.3) is 0 Å². The Balaban J connectivity index is 1.84. The summed E-state index contributed by atoms with van der Waals surface area (Å²) in [5, 5.41) is 11.3. The summed E-state index contributed by atoms with van der Waals surface area (Å²) in [6.45, 7) is 4.61. The van der Waals surface area contributed by atoms with E-state index in [-0.39, 0.29) is 24.2 Å². The van der Waals surface area contributed by atoms with E-state index in [0.29, 0.717) is 11.8 Å². The minimum atomic E-state index is -4.47. The number of aliphatic hydroxyl groups is 1. The topological polar surface area (TPSA) is 29.5 Å². The Morgan fingerprint density at radius 2 is 1.86 bits per heavy atom. The van der Waals surface area contributed by atoms with Crippen LogP contribution in [0, 0.1) is 35.0 Å². The van der Waals surface area contributed by atoms with Crippen molar-refractivity contribution >= 4 is 0 Å². The van der Waals surface area contributed by atoms with Crippen LogP contribution in [0.1, 0.15) is 52.9 Å². The molecule has 4 saturated carbocycles. The van der Waals surface area contributed by atoms with Crippen LogP contribution in [-0.4, -0.2) is 22.7 Å². The summed E-state index contributed by atoms with van der Waals surface area (Å²) >= 11 is 0. The third-order valence-electron chi connectivity index (χ3n) is 7.87. The van der Waals surface area contributed by atoms with Crippen LogP contribution < -0.4 is 0 Å². The fraction of sp³-hybridized carbons (Fsp3) is 1.00. The first kappa shape index (κ1) is 15.3. The molecule has 1 heterocycles. The fourth-order valence-corrected chi connectivity index (χ4v) is 6.46. The van der Waals surface area contributed by atoms with Gasteiger partial charge < -0.3 is 9.84 Å². The lowest BCUT2D eigenvalue weighted by atomic mass is 9.45. The number of hydrogen-bond donors (Lipinski definition) is 1. The molecule has 0 amide bonds. The number of ether oxygens (including phenoxy) is 1. The van der Waals surface area contributed by atoms with Crippen molar-refractivity contribution < 1.29 is 23.0 Å². The van der Waals surface area contributed by atoms with E-state index in [1.165, 1.54) is 6.92 Å². The van der Waals surface area contributed by atoms with Crippen LogP contribution in [0.4, 0.5) is 13.2 Å². The molecule has 2 nitrogen and oxygen atoms in total. The Kier molecular flexibility index (Phi) is 2.79. The first-order chi connectivity index (χ1) is 10.1. The molecule has 126 valence electrons. The van der Waals surface area contributed by atoms with Gasteiger partial charge in [0.05, 0.1) is 5.60 Å². The standard InChI is InChI=1S/C17H25F3O2/c1-4-14(2,17(18,19)20)16(21)13-10-5-9-6-11(8-10)15(3,22-16)12(13)7-9/h9-13,21H,4-8H2,1-3H3. The van der Waals surface area contributed by atoms with E-state index in [9.17, 15) is 18.3 Å². The summed E-state index contributed by atoms with van der Waals surface area (Å²) in [6, 6.07) is 0. The SMILES string of the molecule is CCC(C)(C(F)(F)F)C1(O)OC2(C)C3CC4CC(C3)C1C2C4. The molecule has 5 aliphatic rings. The first-order valence-corrected chi connectivity index (χ1v) is 8.56. The highest BCUT2D eigenvalue weighted by Crippen LogP contribution is 2.73. The summed E-state index contributed by atoms with van der Waals surface area (Å²) in [6.07, 6.45) is -0.755. The van der Waals surface area contributed by atoms with E-state index in [1.54, 1.807) is 0 Å². The number of alkyl halides is 3. The Morgan fingerprint density at radius 3 is 2.45 bits per heavy atom. The Bertz CT molecular complexity index is 507. The number of halogens is 3. The molecule has 0 spiro atoms. The molecule has 22 heavy (non-hydrogen) atoms. The van der Waals surface area contributed by atoms with E-state index >= 15 is 0 Å². The summed E-state index contributed by atoms with van der Waals surface area (Å²) in [5.74, 6) is -1.22. The van der Waals surface area contributed by atoms with Crippen LogP contribution in [0.3, 0.4) is 0 Å². The first-order valence-electron chi connectivity index (χ1n) is 8.56. The molecule has 1 saturated heterocycles. The second-order valence-corrected chi connectivity index (χ2v) is 8.56. The van der Waals surface area contributed by atoms with Gasteiger partial charge in [-0.1, -0.05) is 6.92 Å². The predicted molar refractivity (Wildman–Crippen MR) is 74.8 cm³/mol. The van der Waals surface area contributed by atoms with E-state index in [2.05, 4.69) is 0 Å². The molecule has 5 heteroatoms. The maximum absolute atomic E-state index is 13.8. The molecule has 0 aromatic heterocycles. The van der Waals surface area contributed by atoms with Gasteiger partial charge in [-0.3, -0.25) is 0 Å². The summed E-state index contributed by atoms with van der Waals surface area (Å²) in [5.41, 5.74) is -2.78. The second kappa shape index (κ2) is 4.02. The molecule has 0 radical (unpaired) electrons. The smallest absolute Gasteiger partial charge is 0.364 e. The lowest BCUT2D eigenvalue weighted by Crippen LogP contribution is -2.61. The average molecular weight is 318 g/mol. The van der Waals surface area contributed by atoms with Crippen LogP contribution >= 0.6 is 0 Å². The van der Waals surface area contributed by atoms with Gasteiger partial charge in [-0.25, -0.2) is 0 Å². The summed E-state index contributed by atoms with van der Waals surface area (Å²) < 4.78 is 47.5. The molecule has 6 bridgehead atoms. The number of hydrogen-bond acceptors (Lipinski definition) is 2. The largest absolute Gasteiger partial charge is 0.399 e. The molecular weight excluding hydrogens is 293 g/mol. The second-order valence-electron chi connectivity index (χ2n) is 8.56. The minimum Gasteiger partial charge on any atom is -0.364 e. The highest BCUT2D eigenvalue weighted by molar-refractivity contribution is 5.20. The Morgan fingerprint density at radius 1 is 1.18 bits per heavy atom. The van der Waals surface area contributed by atoms with Crippen molar-refractivity contribution in [1.82, 2.24) is 0 Å². The van der Waals surface area contributed by atoms with Gasteiger partial charge in [0.15, 0.2) is 5.79 Å². The van der Waals surface area contributed by atoms with Crippen molar-refractivity contribution in [1.29, 1.82) is 0 Å². The van der Waals surface area contributed by atoms with Crippen molar-refractivity contribution in [3.8, 4) is 0 Å². The molecule has 0 aromatic rings. The molecule has 8 unspecified atom stereocenters. The molecule has 5 rings (SSSR count). The zero-order valence-corrected chi connectivity index (χ0v) is 13.4. The van der Waals surface area contributed by atoms with Crippen LogP contribution in [0.25, 0.3) is 0 Å². The van der Waals surface area contributed by atoms with E-state index in [0.717, 1.165) is 32.6 Å². The van der Waals surface area contributed by atoms with Crippen molar-refractivity contribution in [2.75, 3.05) is 0 Å². The van der Waals surface area contributed by atoms with Crippen LogP contribution in [0.5, 0.6) is 0 Å². The summed E-state index contributed by atoms with van der Waals surface area (Å²) in [7, 11) is 0. The van der Waals surface area contributed by atoms with Crippen molar-refractivity contribution in [3.63, 3.8) is 0 Å². The van der Waals surface area contributed by atoms with Gasteiger partial charge in [-0.05, 0) is 69.6 Å². The highest BCUT2D eigenvalue weighted by Gasteiger charge is 2.78. The maximum atomic E-state index is 13.8. The molecule has 1 aliphatic heterocycles. The van der Waals surface area contributed by atoms with E-state index < -0.39 is 23.0 Å². The monoisotopic (exact) mass is 318 g/mol. The van der Waals surface area contributed by atoms with Crippen LogP contribution in [0.2, 0.25) is 0 Å². The molecule has 8 atom stereocenters. The third-order valence-corrected chi connectivity index (χ3v) is 7.87. The van der Waals surface area contributed by atoms with Gasteiger partial charge in [-0.2, -0.15) is 13.2 Å². The molecule has 5 fully saturated rings. The maximum Gasteiger partial charge on any atom is 0.399 e. The van der Waals surface area contributed by atoms with Gasteiger partial charge in [0.1, 0.15) is 5.41 Å². The lowest BCUT2D eigenvalue weighted by molar-refractivity contribution is -0.371. The predicted octanol–water partition coefficient (Wildman–Crippen LogP) is 4.12. The molecule has 4 aliphatic carbocycles. The Labute approximate surface area is 129 Å². The highest BCUT2D eigenvalue weighted by atomic mass is 19.4. The summed E-state index contributed by atoms with van der Waals surface area (Å²) in [4.78, 5) is 0. The molecule has 0 aromatic carbocycles. The third kappa shape index (κ3) is 1.46. The fourth-order valence-electron chi connectivity index (χ4n) is 6.46. The number of rotatable bonds is 2. The zero-order chi connectivity index (χ0) is 16.1. The van der Waals surface area contributed by atoms with Gasteiger partial charge in [-0.15, -0.1) is 0 Å². The van der Waals surface area contributed by atoms with Gasteiger partial charge in [0, 0.05) is 5.92 Å². The van der Waals surface area contributed by atoms with Crippen molar-refractivity contribution in [2.24, 2.45) is 35.0 Å². The van der Waals surface area contributed by atoms with E-state index in [4.69, 9.17) is 4.74 Å². The molecular formula is C17H25F3O2.